The molecule has 1 aliphatic heterocycles. The van der Waals surface area contributed by atoms with Gasteiger partial charge in [-0.2, -0.15) is 9.38 Å². The summed E-state index contributed by atoms with van der Waals surface area (Å²) >= 11 is 0. The molecule has 25 heavy (non-hydrogen) atoms. The van der Waals surface area contributed by atoms with Crippen molar-refractivity contribution >= 4 is 17.3 Å². The highest BCUT2D eigenvalue weighted by Crippen LogP contribution is 2.29. The van der Waals surface area contributed by atoms with Crippen molar-refractivity contribution in [3.8, 4) is 0 Å². The first-order valence-electron chi connectivity index (χ1n) is 8.20. The van der Waals surface area contributed by atoms with Crippen LogP contribution >= 0.6 is 0 Å². The monoisotopic (exact) mass is 338 g/mol. The molecule has 3 aromatic heterocycles. The van der Waals surface area contributed by atoms with Crippen molar-refractivity contribution in [1.29, 1.82) is 0 Å². The highest BCUT2D eigenvalue weighted by atomic mass is 16.6. The first-order valence-corrected chi connectivity index (χ1v) is 8.20. The largest absolute Gasteiger partial charge is 0.372 e. The molecule has 0 aromatic carbocycles. The minimum absolute atomic E-state index is 0.0382. The van der Waals surface area contributed by atoms with E-state index in [0.717, 1.165) is 19.6 Å². The van der Waals surface area contributed by atoms with Gasteiger partial charge < -0.3 is 15.0 Å². The van der Waals surface area contributed by atoms with Crippen LogP contribution in [0.15, 0.2) is 48.9 Å². The van der Waals surface area contributed by atoms with Gasteiger partial charge in [-0.25, -0.2) is 0 Å². The predicted molar refractivity (Wildman–Crippen MR) is 93.6 cm³/mol. The third-order valence-corrected chi connectivity index (χ3v) is 4.46. The van der Waals surface area contributed by atoms with Gasteiger partial charge in [-0.15, -0.1) is 0 Å². The third kappa shape index (κ3) is 3.03. The number of piperazine rings is 1. The lowest BCUT2D eigenvalue weighted by Crippen LogP contribution is -2.46. The molecule has 8 nitrogen and oxygen atoms in total. The maximum Gasteiger partial charge on any atom is 0.372 e. The molecule has 8 heteroatoms. The average Bonchev–Trinajstić information content (AvgIpc) is 3.03. The Kier molecular flexibility index (Phi) is 4.02. The fraction of sp³-hybridized carbons (Fsp3) is 0.294. The number of nitro groups is 1. The summed E-state index contributed by atoms with van der Waals surface area (Å²) in [5, 5.41) is 11.5. The Morgan fingerprint density at radius 3 is 2.68 bits per heavy atom. The molecular formula is C17H18N6O2. The number of nitrogens with zero attached hydrogens (tertiary/aromatic N) is 6. The molecule has 0 saturated carbocycles. The second kappa shape index (κ2) is 6.48. The van der Waals surface area contributed by atoms with Crippen molar-refractivity contribution in [3.63, 3.8) is 0 Å². The minimum Gasteiger partial charge on any atom is -0.358 e. The van der Waals surface area contributed by atoms with E-state index in [4.69, 9.17) is 0 Å². The van der Waals surface area contributed by atoms with Crippen LogP contribution in [-0.2, 0) is 6.54 Å². The van der Waals surface area contributed by atoms with Crippen LogP contribution in [0.2, 0.25) is 0 Å². The molecule has 0 amide bonds. The van der Waals surface area contributed by atoms with Gasteiger partial charge in [0.25, 0.3) is 0 Å². The van der Waals surface area contributed by atoms with Gasteiger partial charge >= 0.3 is 5.82 Å². The number of rotatable bonds is 4. The molecule has 1 saturated heterocycles. The summed E-state index contributed by atoms with van der Waals surface area (Å²) in [5.74, 6) is 0.494. The van der Waals surface area contributed by atoms with Crippen molar-refractivity contribution in [1.82, 2.24) is 19.3 Å². The molecule has 3 aromatic rings. The minimum atomic E-state index is -0.350. The van der Waals surface area contributed by atoms with Crippen molar-refractivity contribution in [2.24, 2.45) is 0 Å². The van der Waals surface area contributed by atoms with Crippen LogP contribution in [0.4, 0.5) is 11.6 Å². The SMILES string of the molecule is O=[N+]([O-])c1c(N2CCN(Cc3cccnc3)CC2)nc2ccccn12. The van der Waals surface area contributed by atoms with E-state index in [1.165, 1.54) is 9.96 Å². The van der Waals surface area contributed by atoms with Gasteiger partial charge in [0.05, 0.1) is 6.20 Å². The quantitative estimate of drug-likeness (QED) is 0.534. The van der Waals surface area contributed by atoms with Crippen LogP contribution in [-0.4, -0.2) is 50.4 Å². The van der Waals surface area contributed by atoms with Gasteiger partial charge in [0, 0.05) is 51.2 Å². The number of pyridine rings is 2. The topological polar surface area (TPSA) is 79.8 Å². The predicted octanol–water partition coefficient (Wildman–Crippen LogP) is 1.96. The smallest absolute Gasteiger partial charge is 0.358 e. The standard InChI is InChI=1S/C17H18N6O2/c24-23(25)17-16(19-15-5-1-2-7-22(15)17)21-10-8-20(9-11-21)13-14-4-3-6-18-12-14/h1-7,12H,8-11,13H2. The molecule has 0 aliphatic carbocycles. The van der Waals surface area contributed by atoms with Crippen LogP contribution in [0.25, 0.3) is 5.65 Å². The molecule has 0 spiro atoms. The van der Waals surface area contributed by atoms with E-state index < -0.39 is 0 Å². The maximum atomic E-state index is 11.5. The molecule has 4 heterocycles. The van der Waals surface area contributed by atoms with Crippen molar-refractivity contribution in [2.45, 2.75) is 6.54 Å². The number of hydrogen-bond acceptors (Lipinski definition) is 6. The number of imidazole rings is 1. The molecule has 0 radical (unpaired) electrons. The fourth-order valence-electron chi connectivity index (χ4n) is 3.22. The van der Waals surface area contributed by atoms with Gasteiger partial charge in [-0.1, -0.05) is 12.1 Å². The zero-order valence-electron chi connectivity index (χ0n) is 13.7. The van der Waals surface area contributed by atoms with Crippen LogP contribution in [0.5, 0.6) is 0 Å². The molecule has 1 fully saturated rings. The van der Waals surface area contributed by atoms with Gasteiger partial charge in [0.1, 0.15) is 0 Å². The molecular weight excluding hydrogens is 320 g/mol. The number of anilines is 1. The van der Waals surface area contributed by atoms with Gasteiger partial charge in [0.2, 0.25) is 11.5 Å². The van der Waals surface area contributed by atoms with E-state index in [-0.39, 0.29) is 10.7 Å². The summed E-state index contributed by atoms with van der Waals surface area (Å²) in [6.45, 7) is 3.94. The summed E-state index contributed by atoms with van der Waals surface area (Å²) in [5.41, 5.74) is 1.77. The second-order valence-electron chi connectivity index (χ2n) is 6.07. The van der Waals surface area contributed by atoms with E-state index in [0.29, 0.717) is 24.6 Å². The zero-order chi connectivity index (χ0) is 17.2. The lowest BCUT2D eigenvalue weighted by atomic mass is 10.2. The van der Waals surface area contributed by atoms with Crippen molar-refractivity contribution < 1.29 is 4.92 Å². The Bertz CT molecular complexity index is 887. The lowest BCUT2D eigenvalue weighted by Gasteiger charge is -2.34. The van der Waals surface area contributed by atoms with Crippen LogP contribution < -0.4 is 4.90 Å². The Morgan fingerprint density at radius 2 is 1.96 bits per heavy atom. The summed E-state index contributed by atoms with van der Waals surface area (Å²) in [4.78, 5) is 24.2. The summed E-state index contributed by atoms with van der Waals surface area (Å²) in [6, 6.07) is 9.39. The van der Waals surface area contributed by atoms with Crippen LogP contribution in [0.3, 0.4) is 0 Å². The molecule has 1 aliphatic rings. The zero-order valence-corrected chi connectivity index (χ0v) is 13.7. The van der Waals surface area contributed by atoms with Crippen molar-refractivity contribution in [3.05, 3.63) is 64.6 Å². The van der Waals surface area contributed by atoms with Gasteiger partial charge in [0.15, 0.2) is 0 Å². The molecule has 0 N–H and O–H groups in total. The highest BCUT2D eigenvalue weighted by Gasteiger charge is 2.29. The van der Waals surface area contributed by atoms with Crippen LogP contribution in [0.1, 0.15) is 5.56 Å². The van der Waals surface area contributed by atoms with E-state index >= 15 is 0 Å². The van der Waals surface area contributed by atoms with Crippen LogP contribution in [0, 0.1) is 10.1 Å². The molecule has 0 bridgehead atoms. The molecule has 0 unspecified atom stereocenters. The lowest BCUT2D eigenvalue weighted by molar-refractivity contribution is -0.389. The molecule has 128 valence electrons. The number of aromatic nitrogens is 3. The number of hydrogen-bond donors (Lipinski definition) is 0. The average molecular weight is 338 g/mol. The summed E-state index contributed by atoms with van der Waals surface area (Å²) in [6.07, 6.45) is 5.33. The Hall–Kier alpha value is -3.00. The molecule has 0 atom stereocenters. The van der Waals surface area contributed by atoms with E-state index in [2.05, 4.69) is 20.9 Å². The van der Waals surface area contributed by atoms with E-state index in [1.54, 1.807) is 24.5 Å². The number of fused-ring (bicyclic) bond motifs is 1. The van der Waals surface area contributed by atoms with Crippen molar-refractivity contribution in [2.75, 3.05) is 31.1 Å². The Balaban J connectivity index is 1.52. The molecule has 4 rings (SSSR count). The summed E-state index contributed by atoms with van der Waals surface area (Å²) < 4.78 is 1.54. The fourth-order valence-corrected chi connectivity index (χ4v) is 3.22. The van der Waals surface area contributed by atoms with Gasteiger partial charge in [-0.05, 0) is 22.6 Å². The Morgan fingerprint density at radius 1 is 1.12 bits per heavy atom. The first-order chi connectivity index (χ1) is 12.2. The maximum absolute atomic E-state index is 11.5. The Labute approximate surface area is 144 Å². The van der Waals surface area contributed by atoms with Gasteiger partial charge in [-0.3, -0.25) is 9.88 Å². The van der Waals surface area contributed by atoms with E-state index in [9.17, 15) is 10.1 Å². The third-order valence-electron chi connectivity index (χ3n) is 4.46. The summed E-state index contributed by atoms with van der Waals surface area (Å²) in [7, 11) is 0. The van der Waals surface area contributed by atoms with E-state index in [1.807, 2.05) is 23.2 Å². The first kappa shape index (κ1) is 15.5. The second-order valence-corrected chi connectivity index (χ2v) is 6.07. The highest BCUT2D eigenvalue weighted by molar-refractivity contribution is 5.63. The normalized spacial score (nSPS) is 15.6.